The van der Waals surface area contributed by atoms with Crippen LogP contribution < -0.4 is 0 Å². The number of cyclic esters (lactones) is 1. The second kappa shape index (κ2) is 7.51. The number of esters is 1. The van der Waals surface area contributed by atoms with Gasteiger partial charge in [0.25, 0.3) is 5.69 Å². The number of aliphatic imine (C=N–C) groups is 1. The van der Waals surface area contributed by atoms with E-state index in [9.17, 15) is 14.9 Å². The molecule has 0 spiro atoms. The van der Waals surface area contributed by atoms with Crippen molar-refractivity contribution in [3.8, 4) is 0 Å². The van der Waals surface area contributed by atoms with Crippen LogP contribution >= 0.6 is 23.2 Å². The first-order valence-electron chi connectivity index (χ1n) is 7.33. The van der Waals surface area contributed by atoms with Crippen molar-refractivity contribution in [2.24, 2.45) is 4.99 Å². The summed E-state index contributed by atoms with van der Waals surface area (Å²) in [4.78, 5) is 26.2. The van der Waals surface area contributed by atoms with E-state index in [1.54, 1.807) is 24.3 Å². The van der Waals surface area contributed by atoms with Gasteiger partial charge in [-0.25, -0.2) is 9.79 Å². The van der Waals surface area contributed by atoms with E-state index in [4.69, 9.17) is 27.9 Å². The fourth-order valence-corrected chi connectivity index (χ4v) is 2.53. The number of carbonyl (C=O) groups is 1. The standard InChI is InChI=1S/C18H10Cl2N2O4/c19-14-3-1-2-12(17(14)20)6-9-16-21-15(18(23)26-16)10-11-4-7-13(8-5-11)22(24)25/h1-10H/b9-6+,15-10-. The molecule has 0 N–H and O–H groups in total. The number of halogens is 2. The summed E-state index contributed by atoms with van der Waals surface area (Å²) in [6.45, 7) is 0. The summed E-state index contributed by atoms with van der Waals surface area (Å²) in [5, 5.41) is 11.5. The highest BCUT2D eigenvalue weighted by Crippen LogP contribution is 2.27. The maximum atomic E-state index is 11.9. The van der Waals surface area contributed by atoms with E-state index in [0.29, 0.717) is 21.2 Å². The topological polar surface area (TPSA) is 81.8 Å². The number of nitro groups is 1. The summed E-state index contributed by atoms with van der Waals surface area (Å²) in [6.07, 6.45) is 4.63. The van der Waals surface area contributed by atoms with E-state index in [-0.39, 0.29) is 17.3 Å². The van der Waals surface area contributed by atoms with Gasteiger partial charge in [0.05, 0.1) is 15.0 Å². The summed E-state index contributed by atoms with van der Waals surface area (Å²) in [7, 11) is 0. The Bertz CT molecular complexity index is 979. The molecule has 6 nitrogen and oxygen atoms in total. The Morgan fingerprint density at radius 1 is 1.08 bits per heavy atom. The lowest BCUT2D eigenvalue weighted by Gasteiger charge is -1.99. The molecule has 0 saturated carbocycles. The number of carbonyl (C=O) groups excluding carboxylic acids is 1. The van der Waals surface area contributed by atoms with E-state index in [1.807, 2.05) is 0 Å². The van der Waals surface area contributed by atoms with Gasteiger partial charge in [0.1, 0.15) is 0 Å². The number of hydrogen-bond acceptors (Lipinski definition) is 5. The van der Waals surface area contributed by atoms with Crippen molar-refractivity contribution in [1.29, 1.82) is 0 Å². The van der Waals surface area contributed by atoms with Crippen LogP contribution in [-0.4, -0.2) is 16.8 Å². The van der Waals surface area contributed by atoms with Crippen LogP contribution in [0.5, 0.6) is 0 Å². The van der Waals surface area contributed by atoms with Crippen molar-refractivity contribution in [2.75, 3.05) is 0 Å². The van der Waals surface area contributed by atoms with Gasteiger partial charge in [-0.05, 0) is 41.5 Å². The molecule has 2 aromatic carbocycles. The third-order valence-electron chi connectivity index (χ3n) is 3.43. The molecule has 1 heterocycles. The van der Waals surface area contributed by atoms with Crippen LogP contribution in [0.15, 0.2) is 59.2 Å². The summed E-state index contributed by atoms with van der Waals surface area (Å²) < 4.78 is 5.07. The molecule has 26 heavy (non-hydrogen) atoms. The van der Waals surface area contributed by atoms with Crippen LogP contribution in [0, 0.1) is 10.1 Å². The average Bonchev–Trinajstić information content (AvgIpc) is 2.96. The highest BCUT2D eigenvalue weighted by Gasteiger charge is 2.21. The number of ether oxygens (including phenoxy) is 1. The van der Waals surface area contributed by atoms with Crippen LogP contribution in [-0.2, 0) is 9.53 Å². The zero-order chi connectivity index (χ0) is 18.7. The fraction of sp³-hybridized carbons (Fsp3) is 0. The lowest BCUT2D eigenvalue weighted by Crippen LogP contribution is -2.01. The van der Waals surface area contributed by atoms with Crippen LogP contribution in [0.4, 0.5) is 5.69 Å². The lowest BCUT2D eigenvalue weighted by molar-refractivity contribution is -0.384. The van der Waals surface area contributed by atoms with Gasteiger partial charge in [-0.2, -0.15) is 0 Å². The maximum Gasteiger partial charge on any atom is 0.363 e. The zero-order valence-electron chi connectivity index (χ0n) is 13.1. The minimum atomic E-state index is -0.611. The van der Waals surface area contributed by atoms with Crippen LogP contribution in [0.3, 0.4) is 0 Å². The smallest absolute Gasteiger partial charge is 0.363 e. The molecule has 8 heteroatoms. The fourth-order valence-electron chi connectivity index (χ4n) is 2.16. The molecule has 0 unspecified atom stereocenters. The van der Waals surface area contributed by atoms with Gasteiger partial charge in [-0.15, -0.1) is 0 Å². The molecule has 0 atom stereocenters. The maximum absolute atomic E-state index is 11.9. The van der Waals surface area contributed by atoms with Gasteiger partial charge >= 0.3 is 5.97 Å². The van der Waals surface area contributed by atoms with Crippen LogP contribution in [0.1, 0.15) is 11.1 Å². The van der Waals surface area contributed by atoms with Gasteiger partial charge in [-0.3, -0.25) is 10.1 Å². The van der Waals surface area contributed by atoms with E-state index >= 15 is 0 Å². The summed E-state index contributed by atoms with van der Waals surface area (Å²) in [5.74, 6) is -0.501. The van der Waals surface area contributed by atoms with E-state index in [2.05, 4.69) is 4.99 Å². The minimum Gasteiger partial charge on any atom is -0.403 e. The third-order valence-corrected chi connectivity index (χ3v) is 4.26. The molecule has 1 aliphatic heterocycles. The molecular weight excluding hydrogens is 379 g/mol. The van der Waals surface area contributed by atoms with Gasteiger partial charge < -0.3 is 4.74 Å². The molecular formula is C18H10Cl2N2O4. The van der Waals surface area contributed by atoms with Crippen molar-refractivity contribution < 1.29 is 14.5 Å². The first-order valence-corrected chi connectivity index (χ1v) is 8.09. The lowest BCUT2D eigenvalue weighted by atomic mass is 10.2. The van der Waals surface area contributed by atoms with Gasteiger partial charge in [0, 0.05) is 18.2 Å². The van der Waals surface area contributed by atoms with Gasteiger partial charge in [0.2, 0.25) is 5.90 Å². The molecule has 0 aliphatic carbocycles. The van der Waals surface area contributed by atoms with E-state index in [1.165, 1.54) is 36.4 Å². The third kappa shape index (κ3) is 3.99. The van der Waals surface area contributed by atoms with Crippen molar-refractivity contribution in [1.82, 2.24) is 0 Å². The number of rotatable bonds is 4. The normalized spacial score (nSPS) is 15.4. The van der Waals surface area contributed by atoms with Gasteiger partial charge in [-0.1, -0.05) is 35.3 Å². The molecule has 1 aliphatic rings. The molecule has 0 saturated heterocycles. The second-order valence-electron chi connectivity index (χ2n) is 5.19. The molecule has 130 valence electrons. The summed E-state index contributed by atoms with van der Waals surface area (Å²) in [6, 6.07) is 10.9. The molecule has 0 bridgehead atoms. The molecule has 0 fully saturated rings. The molecule has 2 aromatic rings. The molecule has 3 rings (SSSR count). The Morgan fingerprint density at radius 2 is 1.81 bits per heavy atom. The Balaban J connectivity index is 1.81. The zero-order valence-corrected chi connectivity index (χ0v) is 14.6. The SMILES string of the molecule is O=C1OC(/C=C/c2cccc(Cl)c2Cl)=NC/1=C\c1ccc([N+](=O)[O-])cc1. The van der Waals surface area contributed by atoms with E-state index in [0.717, 1.165) is 0 Å². The number of nitrogens with zero attached hydrogens (tertiary/aromatic N) is 2. The Kier molecular flexibility index (Phi) is 5.16. The monoisotopic (exact) mass is 388 g/mol. The predicted molar refractivity (Wildman–Crippen MR) is 100 cm³/mol. The Hall–Kier alpha value is -2.96. The van der Waals surface area contributed by atoms with Gasteiger partial charge in [0.15, 0.2) is 5.70 Å². The first-order chi connectivity index (χ1) is 12.4. The highest BCUT2D eigenvalue weighted by atomic mass is 35.5. The second-order valence-corrected chi connectivity index (χ2v) is 5.98. The Morgan fingerprint density at radius 3 is 2.50 bits per heavy atom. The largest absolute Gasteiger partial charge is 0.403 e. The Labute approximate surface area is 158 Å². The van der Waals surface area contributed by atoms with Crippen LogP contribution in [0.25, 0.3) is 12.2 Å². The molecule has 0 amide bonds. The highest BCUT2D eigenvalue weighted by molar-refractivity contribution is 6.42. The number of non-ortho nitro benzene ring substituents is 1. The average molecular weight is 389 g/mol. The van der Waals surface area contributed by atoms with Crippen molar-refractivity contribution in [3.05, 3.63) is 85.5 Å². The number of hydrogen-bond donors (Lipinski definition) is 0. The quantitative estimate of drug-likeness (QED) is 0.322. The predicted octanol–water partition coefficient (Wildman–Crippen LogP) is 4.91. The van der Waals surface area contributed by atoms with Crippen LogP contribution in [0.2, 0.25) is 10.0 Å². The molecule has 0 radical (unpaired) electrons. The summed E-state index contributed by atoms with van der Waals surface area (Å²) >= 11 is 12.0. The van der Waals surface area contributed by atoms with Crippen molar-refractivity contribution in [3.63, 3.8) is 0 Å². The van der Waals surface area contributed by atoms with E-state index < -0.39 is 10.9 Å². The first kappa shape index (κ1) is 17.8. The van der Waals surface area contributed by atoms with Crippen molar-refractivity contribution in [2.45, 2.75) is 0 Å². The van der Waals surface area contributed by atoms with Crippen molar-refractivity contribution >= 4 is 52.9 Å². The summed E-state index contributed by atoms with van der Waals surface area (Å²) in [5.41, 5.74) is 1.31. The molecule has 0 aromatic heterocycles. The number of benzene rings is 2. The number of nitro benzene ring substituents is 1. The minimum absolute atomic E-state index is 0.0355.